The molecule has 9 heteroatoms. The summed E-state index contributed by atoms with van der Waals surface area (Å²) in [5.41, 5.74) is 10.6. The van der Waals surface area contributed by atoms with E-state index in [1.165, 1.54) is 0 Å². The zero-order chi connectivity index (χ0) is 19.4. The lowest BCUT2D eigenvalue weighted by Gasteiger charge is -2.36. The fraction of sp³-hybridized carbons (Fsp3) is 0.824. The molecule has 7 N–H and O–H groups in total. The average molecular weight is 370 g/mol. The second kappa shape index (κ2) is 12.5. The van der Waals surface area contributed by atoms with Gasteiger partial charge in [0.05, 0.1) is 6.04 Å². The van der Waals surface area contributed by atoms with E-state index in [4.69, 9.17) is 11.5 Å². The molecule has 0 saturated carbocycles. The van der Waals surface area contributed by atoms with Crippen molar-refractivity contribution in [1.29, 1.82) is 0 Å². The molecule has 0 aromatic heterocycles. The third-order valence-corrected chi connectivity index (χ3v) is 4.52. The van der Waals surface area contributed by atoms with Gasteiger partial charge in [-0.1, -0.05) is 12.8 Å². The van der Waals surface area contributed by atoms with E-state index in [1.54, 1.807) is 0 Å². The van der Waals surface area contributed by atoms with E-state index in [-0.39, 0.29) is 23.8 Å². The Morgan fingerprint density at radius 1 is 1.23 bits per heavy atom. The molecule has 1 saturated heterocycles. The summed E-state index contributed by atoms with van der Waals surface area (Å²) in [6, 6.07) is -0.744. The lowest BCUT2D eigenvalue weighted by Crippen LogP contribution is -2.63. The van der Waals surface area contributed by atoms with Crippen LogP contribution in [-0.4, -0.2) is 75.0 Å². The van der Waals surface area contributed by atoms with Crippen molar-refractivity contribution in [3.05, 3.63) is 0 Å². The smallest absolute Gasteiger partial charge is 0.243 e. The van der Waals surface area contributed by atoms with Gasteiger partial charge in [-0.15, -0.1) is 0 Å². The highest BCUT2D eigenvalue weighted by Gasteiger charge is 2.34. The van der Waals surface area contributed by atoms with Gasteiger partial charge in [-0.3, -0.25) is 19.5 Å². The molecule has 0 bridgehead atoms. The van der Waals surface area contributed by atoms with Gasteiger partial charge in [-0.05, 0) is 46.3 Å². The number of hydrogen-bond donors (Lipinski definition) is 5. The van der Waals surface area contributed by atoms with Crippen molar-refractivity contribution in [2.75, 3.05) is 40.3 Å². The quantitative estimate of drug-likeness (QED) is 0.165. The van der Waals surface area contributed by atoms with E-state index >= 15 is 0 Å². The first-order chi connectivity index (χ1) is 12.5. The van der Waals surface area contributed by atoms with Gasteiger partial charge < -0.3 is 27.4 Å². The second-order valence-corrected chi connectivity index (χ2v) is 6.77. The molecule has 1 aliphatic heterocycles. The van der Waals surface area contributed by atoms with Gasteiger partial charge in [0.1, 0.15) is 6.04 Å². The number of carbonyl (C=O) groups excluding carboxylic acids is 2. The summed E-state index contributed by atoms with van der Waals surface area (Å²) in [5.74, 6) is -0.166. The number of nitrogens with two attached hydrogens (primary N) is 2. The Balaban J connectivity index is 2.26. The van der Waals surface area contributed by atoms with Crippen LogP contribution >= 0.6 is 0 Å². The third-order valence-electron chi connectivity index (χ3n) is 4.52. The summed E-state index contributed by atoms with van der Waals surface area (Å²) < 4.78 is 0. The van der Waals surface area contributed by atoms with Crippen molar-refractivity contribution in [3.8, 4) is 0 Å². The van der Waals surface area contributed by atoms with Crippen LogP contribution in [0.5, 0.6) is 0 Å². The standard InChI is InChI=1S/C17H35N7O2/c1-20-9-5-3-4-6-10-21-15(25)13-12-24(2)14(16(26)23-13)8-7-11-22-17(18)19/h13-14,20H,3-12H2,1-2H3,(H,21,25)(H,23,26)(H4,18,19,22)/t13-,14+/m1/s1. The Bertz CT molecular complexity index is 466. The van der Waals surface area contributed by atoms with Crippen LogP contribution in [0.2, 0.25) is 0 Å². The van der Waals surface area contributed by atoms with E-state index in [0.29, 0.717) is 32.5 Å². The molecule has 9 nitrogen and oxygen atoms in total. The fourth-order valence-corrected chi connectivity index (χ4v) is 3.04. The zero-order valence-corrected chi connectivity index (χ0v) is 16.1. The number of rotatable bonds is 12. The third kappa shape index (κ3) is 8.48. The van der Waals surface area contributed by atoms with Gasteiger partial charge in [0, 0.05) is 19.6 Å². The van der Waals surface area contributed by atoms with E-state index in [1.807, 2.05) is 19.0 Å². The normalized spacial score (nSPS) is 20.5. The molecule has 0 aliphatic carbocycles. The van der Waals surface area contributed by atoms with Crippen LogP contribution in [0.3, 0.4) is 0 Å². The summed E-state index contributed by atoms with van der Waals surface area (Å²) in [7, 11) is 3.82. The molecule has 0 aromatic carbocycles. The first-order valence-corrected chi connectivity index (χ1v) is 9.44. The molecule has 2 atom stereocenters. The van der Waals surface area contributed by atoms with Gasteiger partial charge in [0.25, 0.3) is 0 Å². The molecule has 150 valence electrons. The van der Waals surface area contributed by atoms with Crippen LogP contribution < -0.4 is 27.4 Å². The lowest BCUT2D eigenvalue weighted by molar-refractivity contribution is -0.136. The monoisotopic (exact) mass is 369 g/mol. The Morgan fingerprint density at radius 3 is 2.54 bits per heavy atom. The van der Waals surface area contributed by atoms with Gasteiger partial charge in [0.15, 0.2) is 5.96 Å². The molecule has 1 fully saturated rings. The highest BCUT2D eigenvalue weighted by molar-refractivity contribution is 5.91. The predicted molar refractivity (Wildman–Crippen MR) is 104 cm³/mol. The van der Waals surface area contributed by atoms with Crippen LogP contribution in [-0.2, 0) is 9.59 Å². The summed E-state index contributed by atoms with van der Waals surface area (Å²) in [6.07, 6.45) is 5.72. The highest BCUT2D eigenvalue weighted by atomic mass is 16.2. The Hall–Kier alpha value is -1.87. The zero-order valence-electron chi connectivity index (χ0n) is 16.1. The number of piperazine rings is 1. The van der Waals surface area contributed by atoms with E-state index < -0.39 is 6.04 Å². The van der Waals surface area contributed by atoms with E-state index in [2.05, 4.69) is 20.9 Å². The maximum absolute atomic E-state index is 12.3. The van der Waals surface area contributed by atoms with Crippen LogP contribution in [0.1, 0.15) is 38.5 Å². The Kier molecular flexibility index (Phi) is 10.6. The Labute approximate surface area is 156 Å². The summed E-state index contributed by atoms with van der Waals surface area (Å²) in [5, 5.41) is 8.87. The summed E-state index contributed by atoms with van der Waals surface area (Å²) >= 11 is 0. The lowest BCUT2D eigenvalue weighted by atomic mass is 10.0. The van der Waals surface area contributed by atoms with E-state index in [0.717, 1.165) is 32.2 Å². The molecule has 26 heavy (non-hydrogen) atoms. The van der Waals surface area contributed by atoms with Crippen molar-refractivity contribution in [1.82, 2.24) is 20.9 Å². The molecule has 1 heterocycles. The van der Waals surface area contributed by atoms with Crippen LogP contribution in [0.15, 0.2) is 4.99 Å². The molecule has 0 radical (unpaired) electrons. The SMILES string of the molecule is CNCCCCCCNC(=O)[C@H]1CN(C)[C@@H](CCCN=C(N)N)C(=O)N1. The minimum absolute atomic E-state index is 0.0604. The van der Waals surface area contributed by atoms with Gasteiger partial charge in [0.2, 0.25) is 11.8 Å². The van der Waals surface area contributed by atoms with Crippen LogP contribution in [0.25, 0.3) is 0 Å². The second-order valence-electron chi connectivity index (χ2n) is 6.77. The molecule has 1 rings (SSSR count). The van der Waals surface area contributed by atoms with Crippen molar-refractivity contribution < 1.29 is 9.59 Å². The number of amides is 2. The number of hydrogen-bond acceptors (Lipinski definition) is 5. The van der Waals surface area contributed by atoms with Crippen LogP contribution in [0.4, 0.5) is 0 Å². The minimum atomic E-state index is -0.495. The number of unbranched alkanes of at least 4 members (excludes halogenated alkanes) is 3. The van der Waals surface area contributed by atoms with Crippen molar-refractivity contribution in [2.24, 2.45) is 16.5 Å². The molecular formula is C17H35N7O2. The number of nitrogens with zero attached hydrogens (tertiary/aromatic N) is 2. The predicted octanol–water partition coefficient (Wildman–Crippen LogP) is -1.27. The molecule has 0 aromatic rings. The first kappa shape index (κ1) is 22.2. The number of carbonyl (C=O) groups is 2. The van der Waals surface area contributed by atoms with Gasteiger partial charge in [-0.2, -0.15) is 0 Å². The average Bonchev–Trinajstić information content (AvgIpc) is 2.59. The fourth-order valence-electron chi connectivity index (χ4n) is 3.04. The summed E-state index contributed by atoms with van der Waals surface area (Å²) in [6.45, 7) is 2.68. The van der Waals surface area contributed by atoms with Crippen molar-refractivity contribution >= 4 is 17.8 Å². The van der Waals surface area contributed by atoms with Gasteiger partial charge in [-0.25, -0.2) is 0 Å². The van der Waals surface area contributed by atoms with E-state index in [9.17, 15) is 9.59 Å². The first-order valence-electron chi connectivity index (χ1n) is 9.44. The topological polar surface area (TPSA) is 138 Å². The number of nitrogens with one attached hydrogen (secondary N) is 3. The molecular weight excluding hydrogens is 334 g/mol. The van der Waals surface area contributed by atoms with Crippen molar-refractivity contribution in [3.63, 3.8) is 0 Å². The maximum Gasteiger partial charge on any atom is 0.243 e. The molecule has 2 amide bonds. The number of guanidine groups is 1. The van der Waals surface area contributed by atoms with Crippen molar-refractivity contribution in [2.45, 2.75) is 50.6 Å². The number of aliphatic imine (C=N–C) groups is 1. The molecule has 0 spiro atoms. The largest absolute Gasteiger partial charge is 0.370 e. The highest BCUT2D eigenvalue weighted by Crippen LogP contribution is 2.12. The minimum Gasteiger partial charge on any atom is -0.370 e. The summed E-state index contributed by atoms with van der Waals surface area (Å²) in [4.78, 5) is 30.4. The Morgan fingerprint density at radius 2 is 1.92 bits per heavy atom. The molecule has 1 aliphatic rings. The van der Waals surface area contributed by atoms with Gasteiger partial charge >= 0.3 is 0 Å². The van der Waals surface area contributed by atoms with Crippen LogP contribution in [0, 0.1) is 0 Å². The number of likely N-dealkylation sites (N-methyl/N-ethyl adjacent to an activating group) is 1. The molecule has 0 unspecified atom stereocenters. The maximum atomic E-state index is 12.3.